The Morgan fingerprint density at radius 1 is 1.42 bits per heavy atom. The van der Waals surface area contributed by atoms with E-state index in [2.05, 4.69) is 6.58 Å². The molecule has 1 fully saturated rings. The minimum Gasteiger partial charge on any atom is -0.357 e. The summed E-state index contributed by atoms with van der Waals surface area (Å²) < 4.78 is 5.61. The molecule has 1 rings (SSSR count). The van der Waals surface area contributed by atoms with Gasteiger partial charge >= 0.3 is 0 Å². The second kappa shape index (κ2) is 4.48. The van der Waals surface area contributed by atoms with E-state index in [1.165, 1.54) is 12.8 Å². The average Bonchev–Trinajstić information content (AvgIpc) is 2.07. The summed E-state index contributed by atoms with van der Waals surface area (Å²) in [5.74, 6) is 0. The molecular formula is C9H18N2O. The first-order chi connectivity index (χ1) is 5.75. The van der Waals surface area contributed by atoms with E-state index < -0.39 is 0 Å². The maximum atomic E-state index is 5.61. The molecule has 3 nitrogen and oxygen atoms in total. The van der Waals surface area contributed by atoms with Crippen LogP contribution in [0.4, 0.5) is 0 Å². The van der Waals surface area contributed by atoms with Crippen LogP contribution in [-0.4, -0.2) is 36.9 Å². The van der Waals surface area contributed by atoms with E-state index in [4.69, 9.17) is 4.74 Å². The van der Waals surface area contributed by atoms with Gasteiger partial charge in [0.2, 0.25) is 0 Å². The Morgan fingerprint density at radius 3 is 2.58 bits per heavy atom. The number of rotatable bonds is 3. The molecule has 1 saturated heterocycles. The van der Waals surface area contributed by atoms with Gasteiger partial charge in [-0.25, -0.2) is 5.01 Å². The van der Waals surface area contributed by atoms with Crippen LogP contribution < -0.4 is 0 Å². The molecule has 0 bridgehead atoms. The fourth-order valence-corrected chi connectivity index (χ4v) is 1.47. The summed E-state index contributed by atoms with van der Waals surface area (Å²) in [6.45, 7) is 4.64. The van der Waals surface area contributed by atoms with Crippen LogP contribution in [0.25, 0.3) is 0 Å². The van der Waals surface area contributed by atoms with Gasteiger partial charge in [-0.3, -0.25) is 5.01 Å². The van der Waals surface area contributed by atoms with Crippen LogP contribution in [0.5, 0.6) is 0 Å². The van der Waals surface area contributed by atoms with Gasteiger partial charge in [-0.1, -0.05) is 6.58 Å². The normalized spacial score (nSPS) is 24.1. The monoisotopic (exact) mass is 170 g/mol. The topological polar surface area (TPSA) is 15.7 Å². The molecule has 0 amide bonds. The Balaban J connectivity index is 2.45. The van der Waals surface area contributed by atoms with Gasteiger partial charge in [0.15, 0.2) is 0 Å². The van der Waals surface area contributed by atoms with Gasteiger partial charge in [0, 0.05) is 26.9 Å². The first-order valence-corrected chi connectivity index (χ1v) is 4.45. The summed E-state index contributed by atoms with van der Waals surface area (Å²) in [5.41, 5.74) is 0. The predicted molar refractivity (Wildman–Crippen MR) is 49.3 cm³/mol. The van der Waals surface area contributed by atoms with Gasteiger partial charge in [-0.15, -0.1) is 0 Å². The lowest BCUT2D eigenvalue weighted by Crippen LogP contribution is -2.43. The quantitative estimate of drug-likeness (QED) is 0.596. The standard InChI is InChI=1S/C9H18N2O/c1-4-11(10(2)3)9-7-5-6-8-12-9/h4,9H,1,5-8H2,2-3H3. The fourth-order valence-electron chi connectivity index (χ4n) is 1.47. The van der Waals surface area contributed by atoms with Crippen LogP contribution in [0.15, 0.2) is 12.8 Å². The molecule has 0 aromatic heterocycles. The maximum absolute atomic E-state index is 5.61. The highest BCUT2D eigenvalue weighted by Gasteiger charge is 2.19. The van der Waals surface area contributed by atoms with Gasteiger partial charge in [0.05, 0.1) is 0 Å². The van der Waals surface area contributed by atoms with E-state index in [0.717, 1.165) is 13.0 Å². The van der Waals surface area contributed by atoms with E-state index in [1.54, 1.807) is 0 Å². The first-order valence-electron chi connectivity index (χ1n) is 4.45. The van der Waals surface area contributed by atoms with Crippen LogP contribution >= 0.6 is 0 Å². The largest absolute Gasteiger partial charge is 0.357 e. The van der Waals surface area contributed by atoms with E-state index >= 15 is 0 Å². The zero-order valence-corrected chi connectivity index (χ0v) is 7.99. The molecule has 70 valence electrons. The molecule has 1 heterocycles. The summed E-state index contributed by atoms with van der Waals surface area (Å²) in [6, 6.07) is 0. The van der Waals surface area contributed by atoms with Gasteiger partial charge < -0.3 is 4.74 Å². The Kier molecular flexibility index (Phi) is 3.56. The lowest BCUT2D eigenvalue weighted by atomic mass is 10.2. The second-order valence-corrected chi connectivity index (χ2v) is 3.23. The molecule has 0 aromatic rings. The first kappa shape index (κ1) is 9.55. The van der Waals surface area contributed by atoms with E-state index in [9.17, 15) is 0 Å². The minimum absolute atomic E-state index is 0.200. The van der Waals surface area contributed by atoms with Crippen LogP contribution in [0.3, 0.4) is 0 Å². The van der Waals surface area contributed by atoms with Gasteiger partial charge in [0.25, 0.3) is 0 Å². The third-order valence-corrected chi connectivity index (χ3v) is 2.10. The van der Waals surface area contributed by atoms with Crippen molar-refractivity contribution in [2.45, 2.75) is 25.5 Å². The van der Waals surface area contributed by atoms with Crippen molar-refractivity contribution in [3.63, 3.8) is 0 Å². The summed E-state index contributed by atoms with van der Waals surface area (Å²) >= 11 is 0. The molecule has 0 N–H and O–H groups in total. The third kappa shape index (κ3) is 2.22. The zero-order valence-electron chi connectivity index (χ0n) is 7.99. The Morgan fingerprint density at radius 2 is 2.17 bits per heavy atom. The van der Waals surface area contributed by atoms with Crippen molar-refractivity contribution in [2.75, 3.05) is 20.7 Å². The summed E-state index contributed by atoms with van der Waals surface area (Å²) in [5, 5.41) is 4.03. The Hall–Kier alpha value is -0.540. The highest BCUT2D eigenvalue weighted by Crippen LogP contribution is 2.17. The molecule has 12 heavy (non-hydrogen) atoms. The lowest BCUT2D eigenvalue weighted by molar-refractivity contribution is -0.135. The van der Waals surface area contributed by atoms with E-state index in [1.807, 2.05) is 30.3 Å². The van der Waals surface area contributed by atoms with Crippen molar-refractivity contribution < 1.29 is 4.74 Å². The van der Waals surface area contributed by atoms with Gasteiger partial charge in [0.1, 0.15) is 6.23 Å². The average molecular weight is 170 g/mol. The Bertz CT molecular complexity index is 141. The van der Waals surface area contributed by atoms with Crippen molar-refractivity contribution in [1.29, 1.82) is 0 Å². The number of nitrogens with zero attached hydrogens (tertiary/aromatic N) is 2. The summed E-state index contributed by atoms with van der Waals surface area (Å²) in [7, 11) is 4.00. The summed E-state index contributed by atoms with van der Waals surface area (Å²) in [6.07, 6.45) is 5.56. The van der Waals surface area contributed by atoms with Crippen molar-refractivity contribution in [1.82, 2.24) is 10.0 Å². The van der Waals surface area contributed by atoms with Crippen molar-refractivity contribution in [2.24, 2.45) is 0 Å². The molecule has 1 atom stereocenters. The molecular weight excluding hydrogens is 152 g/mol. The molecule has 1 unspecified atom stereocenters. The number of hydrazine groups is 1. The predicted octanol–water partition coefficient (Wildman–Crippen LogP) is 1.44. The lowest BCUT2D eigenvalue weighted by Gasteiger charge is -2.36. The SMILES string of the molecule is C=CN(C1CCCCO1)N(C)C. The van der Waals surface area contributed by atoms with Gasteiger partial charge in [-0.05, 0) is 19.3 Å². The molecule has 0 radical (unpaired) electrons. The van der Waals surface area contributed by atoms with E-state index in [-0.39, 0.29) is 6.23 Å². The van der Waals surface area contributed by atoms with Gasteiger partial charge in [-0.2, -0.15) is 0 Å². The van der Waals surface area contributed by atoms with E-state index in [0.29, 0.717) is 0 Å². The maximum Gasteiger partial charge on any atom is 0.143 e. The van der Waals surface area contributed by atoms with Crippen LogP contribution in [-0.2, 0) is 4.74 Å². The zero-order chi connectivity index (χ0) is 8.97. The van der Waals surface area contributed by atoms with Crippen molar-refractivity contribution >= 4 is 0 Å². The molecule has 3 heteroatoms. The number of ether oxygens (including phenoxy) is 1. The molecule has 0 saturated carbocycles. The molecule has 0 aliphatic carbocycles. The minimum atomic E-state index is 0.200. The van der Waals surface area contributed by atoms with Crippen LogP contribution in [0.1, 0.15) is 19.3 Å². The second-order valence-electron chi connectivity index (χ2n) is 3.23. The molecule has 1 aliphatic rings. The molecule has 0 aromatic carbocycles. The van der Waals surface area contributed by atoms with Crippen molar-refractivity contribution in [3.05, 3.63) is 12.8 Å². The van der Waals surface area contributed by atoms with Crippen LogP contribution in [0.2, 0.25) is 0 Å². The number of hydrogen-bond acceptors (Lipinski definition) is 3. The molecule has 0 spiro atoms. The third-order valence-electron chi connectivity index (χ3n) is 2.10. The smallest absolute Gasteiger partial charge is 0.143 e. The Labute approximate surface area is 74.6 Å². The van der Waals surface area contributed by atoms with Crippen molar-refractivity contribution in [3.8, 4) is 0 Å². The van der Waals surface area contributed by atoms with Crippen LogP contribution in [0, 0.1) is 0 Å². The molecule has 1 aliphatic heterocycles. The number of hydrogen-bond donors (Lipinski definition) is 0. The fraction of sp³-hybridized carbons (Fsp3) is 0.778. The summed E-state index contributed by atoms with van der Waals surface area (Å²) in [4.78, 5) is 0. The highest BCUT2D eigenvalue weighted by molar-refractivity contribution is 4.72. The highest BCUT2D eigenvalue weighted by atomic mass is 16.5.